The van der Waals surface area contributed by atoms with Crippen LogP contribution in [0.1, 0.15) is 23.1 Å². The Hall–Kier alpha value is -2.89. The Bertz CT molecular complexity index is 762. The van der Waals surface area contributed by atoms with Crippen molar-refractivity contribution in [2.75, 3.05) is 6.61 Å². The largest absolute Gasteiger partial charge is 0.484 e. The van der Waals surface area contributed by atoms with Gasteiger partial charge in [-0.1, -0.05) is 18.2 Å². The zero-order valence-electron chi connectivity index (χ0n) is 14.3. The van der Waals surface area contributed by atoms with E-state index in [0.29, 0.717) is 12.2 Å². The molecule has 2 amide bonds. The molecule has 2 aromatic rings. The van der Waals surface area contributed by atoms with Gasteiger partial charge in [-0.15, -0.1) is 0 Å². The molecule has 0 aliphatic rings. The van der Waals surface area contributed by atoms with Gasteiger partial charge in [0.25, 0.3) is 5.91 Å². The summed E-state index contributed by atoms with van der Waals surface area (Å²) < 4.78 is 18.4. The van der Waals surface area contributed by atoms with Crippen LogP contribution in [-0.4, -0.2) is 18.4 Å². The molecule has 0 saturated heterocycles. The predicted molar refractivity (Wildman–Crippen MR) is 92.4 cm³/mol. The summed E-state index contributed by atoms with van der Waals surface area (Å²) in [7, 11) is 0. The van der Waals surface area contributed by atoms with Gasteiger partial charge in [-0.2, -0.15) is 0 Å². The van der Waals surface area contributed by atoms with Gasteiger partial charge in [0.05, 0.1) is 0 Å². The molecule has 0 bridgehead atoms. The second-order valence-corrected chi connectivity index (χ2v) is 5.76. The number of hydrazine groups is 1. The summed E-state index contributed by atoms with van der Waals surface area (Å²) >= 11 is 0. The van der Waals surface area contributed by atoms with Gasteiger partial charge < -0.3 is 4.74 Å². The quantitative estimate of drug-likeness (QED) is 0.792. The second kappa shape index (κ2) is 8.82. The van der Waals surface area contributed by atoms with Crippen molar-refractivity contribution in [3.8, 4) is 5.75 Å². The Morgan fingerprint density at radius 3 is 2.48 bits per heavy atom. The van der Waals surface area contributed by atoms with Crippen LogP contribution in [0.4, 0.5) is 4.39 Å². The highest BCUT2D eigenvalue weighted by Gasteiger charge is 2.07. The number of hydrogen-bond acceptors (Lipinski definition) is 3. The van der Waals surface area contributed by atoms with E-state index in [-0.39, 0.29) is 24.8 Å². The topological polar surface area (TPSA) is 67.4 Å². The van der Waals surface area contributed by atoms with E-state index in [9.17, 15) is 14.0 Å². The molecule has 0 heterocycles. The Morgan fingerprint density at radius 2 is 1.76 bits per heavy atom. The van der Waals surface area contributed by atoms with Gasteiger partial charge in [-0.25, -0.2) is 4.39 Å². The first-order chi connectivity index (χ1) is 11.9. The Morgan fingerprint density at radius 1 is 1.00 bits per heavy atom. The molecular weight excluding hydrogens is 323 g/mol. The van der Waals surface area contributed by atoms with E-state index in [0.717, 1.165) is 16.7 Å². The Kier molecular flexibility index (Phi) is 6.51. The number of carbonyl (C=O) groups is 2. The zero-order valence-corrected chi connectivity index (χ0v) is 14.3. The maximum Gasteiger partial charge on any atom is 0.276 e. The average Bonchev–Trinajstić information content (AvgIpc) is 2.59. The van der Waals surface area contributed by atoms with Gasteiger partial charge in [-0.05, 0) is 61.2 Å². The molecule has 2 N–H and O–H groups in total. The fraction of sp³-hybridized carbons (Fsp3) is 0.263. The van der Waals surface area contributed by atoms with Crippen LogP contribution >= 0.6 is 0 Å². The number of halogens is 1. The number of nitrogens with one attached hydrogen (secondary N) is 2. The highest BCUT2D eigenvalue weighted by molar-refractivity contribution is 5.82. The minimum atomic E-state index is -0.461. The average molecular weight is 344 g/mol. The van der Waals surface area contributed by atoms with E-state index < -0.39 is 5.91 Å². The first-order valence-electron chi connectivity index (χ1n) is 7.96. The maximum atomic E-state index is 13.0. The molecule has 0 atom stereocenters. The van der Waals surface area contributed by atoms with E-state index >= 15 is 0 Å². The second-order valence-electron chi connectivity index (χ2n) is 5.76. The third-order valence-electron chi connectivity index (χ3n) is 3.72. The Labute approximate surface area is 146 Å². The third-order valence-corrected chi connectivity index (χ3v) is 3.72. The summed E-state index contributed by atoms with van der Waals surface area (Å²) in [6.45, 7) is 3.75. The fourth-order valence-corrected chi connectivity index (χ4v) is 2.14. The van der Waals surface area contributed by atoms with Crippen molar-refractivity contribution in [2.24, 2.45) is 0 Å². The number of rotatable bonds is 6. The summed E-state index contributed by atoms with van der Waals surface area (Å²) in [6, 6.07) is 11.6. The fourth-order valence-electron chi connectivity index (χ4n) is 2.14. The monoisotopic (exact) mass is 344 g/mol. The highest BCUT2D eigenvalue weighted by Crippen LogP contribution is 2.16. The van der Waals surface area contributed by atoms with Gasteiger partial charge in [0, 0.05) is 6.42 Å². The molecule has 0 aromatic heterocycles. The first kappa shape index (κ1) is 18.4. The molecule has 5 nitrogen and oxygen atoms in total. The Balaban J connectivity index is 1.68. The lowest BCUT2D eigenvalue weighted by atomic mass is 10.1. The minimum absolute atomic E-state index is 0.141. The number of amides is 2. The lowest BCUT2D eigenvalue weighted by molar-refractivity contribution is -0.130. The lowest BCUT2D eigenvalue weighted by Gasteiger charge is -2.10. The van der Waals surface area contributed by atoms with Gasteiger partial charge in [0.1, 0.15) is 11.6 Å². The molecule has 0 unspecified atom stereocenters. The van der Waals surface area contributed by atoms with Gasteiger partial charge in [-0.3, -0.25) is 20.4 Å². The van der Waals surface area contributed by atoms with Crippen molar-refractivity contribution in [3.63, 3.8) is 0 Å². The standard InChI is InChI=1S/C19H21FN2O3/c1-13-6-8-17(10-14(13)2)25-12-19(24)22-21-18(23)9-7-15-4-3-5-16(20)11-15/h3-6,8,10-11H,7,9,12H2,1-2H3,(H,21,23)(H,22,24). The number of carbonyl (C=O) groups excluding carboxylic acids is 2. The van der Waals surface area contributed by atoms with Crippen LogP contribution in [0.5, 0.6) is 5.75 Å². The molecule has 0 radical (unpaired) electrons. The van der Waals surface area contributed by atoms with Crippen LogP contribution in [0.3, 0.4) is 0 Å². The van der Waals surface area contributed by atoms with Crippen LogP contribution < -0.4 is 15.6 Å². The van der Waals surface area contributed by atoms with Gasteiger partial charge in [0.2, 0.25) is 5.91 Å². The third kappa shape index (κ3) is 6.25. The molecule has 6 heteroatoms. The van der Waals surface area contributed by atoms with Gasteiger partial charge in [0.15, 0.2) is 6.61 Å². The normalized spacial score (nSPS) is 10.2. The lowest BCUT2D eigenvalue weighted by Crippen LogP contribution is -2.43. The molecule has 0 aliphatic heterocycles. The van der Waals surface area contributed by atoms with Crippen molar-refractivity contribution in [1.29, 1.82) is 0 Å². The number of hydrogen-bond donors (Lipinski definition) is 2. The molecule has 2 aromatic carbocycles. The molecule has 0 saturated carbocycles. The smallest absolute Gasteiger partial charge is 0.276 e. The number of benzene rings is 2. The van der Waals surface area contributed by atoms with Crippen LogP contribution in [0.25, 0.3) is 0 Å². The SMILES string of the molecule is Cc1ccc(OCC(=O)NNC(=O)CCc2cccc(F)c2)cc1C. The molecule has 0 aliphatic carbocycles. The molecule has 132 valence electrons. The van der Waals surface area contributed by atoms with Crippen LogP contribution in [-0.2, 0) is 16.0 Å². The summed E-state index contributed by atoms with van der Waals surface area (Å²) in [5, 5.41) is 0. The highest BCUT2D eigenvalue weighted by atomic mass is 19.1. The van der Waals surface area contributed by atoms with E-state index in [1.54, 1.807) is 18.2 Å². The molecule has 25 heavy (non-hydrogen) atoms. The maximum absolute atomic E-state index is 13.0. The van der Waals surface area contributed by atoms with Crippen molar-refractivity contribution in [3.05, 3.63) is 65.0 Å². The minimum Gasteiger partial charge on any atom is -0.484 e. The zero-order chi connectivity index (χ0) is 18.2. The van der Waals surface area contributed by atoms with Crippen LogP contribution in [0.2, 0.25) is 0 Å². The van der Waals surface area contributed by atoms with E-state index in [4.69, 9.17) is 4.74 Å². The number of ether oxygens (including phenoxy) is 1. The molecule has 0 spiro atoms. The van der Waals surface area contributed by atoms with E-state index in [1.807, 2.05) is 26.0 Å². The van der Waals surface area contributed by atoms with Crippen molar-refractivity contribution >= 4 is 11.8 Å². The van der Waals surface area contributed by atoms with Crippen molar-refractivity contribution in [2.45, 2.75) is 26.7 Å². The van der Waals surface area contributed by atoms with Crippen LogP contribution in [0.15, 0.2) is 42.5 Å². The van der Waals surface area contributed by atoms with Crippen molar-refractivity contribution in [1.82, 2.24) is 10.9 Å². The van der Waals surface area contributed by atoms with E-state index in [2.05, 4.69) is 10.9 Å². The number of aryl methyl sites for hydroxylation is 3. The predicted octanol–water partition coefficient (Wildman–Crippen LogP) is 2.60. The molecular formula is C19H21FN2O3. The van der Waals surface area contributed by atoms with Gasteiger partial charge >= 0.3 is 0 Å². The van der Waals surface area contributed by atoms with E-state index in [1.165, 1.54) is 12.1 Å². The summed E-state index contributed by atoms with van der Waals surface area (Å²) in [6.07, 6.45) is 0.528. The molecule has 2 rings (SSSR count). The summed E-state index contributed by atoms with van der Waals surface area (Å²) in [5.41, 5.74) is 7.54. The summed E-state index contributed by atoms with van der Waals surface area (Å²) in [5.74, 6) is -0.563. The van der Waals surface area contributed by atoms with Crippen molar-refractivity contribution < 1.29 is 18.7 Å². The summed E-state index contributed by atoms with van der Waals surface area (Å²) in [4.78, 5) is 23.4. The van der Waals surface area contributed by atoms with Crippen LogP contribution in [0, 0.1) is 19.7 Å². The molecule has 0 fully saturated rings. The first-order valence-corrected chi connectivity index (χ1v) is 7.96.